The first kappa shape index (κ1) is 25.1. The number of aliphatic imine (C=N–C) groups is 1. The van der Waals surface area contributed by atoms with Gasteiger partial charge in [-0.05, 0) is 49.3 Å². The second-order valence-electron chi connectivity index (χ2n) is 7.52. The third-order valence-electron chi connectivity index (χ3n) is 4.87. The maximum Gasteiger partial charge on any atom is 0.243 e. The lowest BCUT2D eigenvalue weighted by Crippen LogP contribution is -2.33. The van der Waals surface area contributed by atoms with Gasteiger partial charge in [0.2, 0.25) is 5.91 Å². The molecule has 0 saturated carbocycles. The Labute approximate surface area is 165 Å². The molecule has 2 atom stereocenters. The second kappa shape index (κ2) is 11.7. The minimum atomic E-state index is -1.08. The van der Waals surface area contributed by atoms with Crippen molar-refractivity contribution in [1.29, 1.82) is 0 Å². The molecule has 0 aromatic heterocycles. The van der Waals surface area contributed by atoms with Crippen LogP contribution in [0, 0.1) is 11.8 Å². The molecule has 0 rings (SSSR count). The molecule has 2 unspecified atom stereocenters. The van der Waals surface area contributed by atoms with Gasteiger partial charge in [0, 0.05) is 12.6 Å². The highest BCUT2D eigenvalue weighted by atomic mass is 16.3. The van der Waals surface area contributed by atoms with Crippen LogP contribution < -0.4 is 5.32 Å². The largest absolute Gasteiger partial charge is 0.386 e. The van der Waals surface area contributed by atoms with E-state index in [4.69, 9.17) is 0 Å². The predicted octanol–water partition coefficient (Wildman–Crippen LogP) is 4.63. The number of carbonyl (C=O) groups excluding carboxylic acids is 1. The van der Waals surface area contributed by atoms with E-state index in [9.17, 15) is 9.90 Å². The van der Waals surface area contributed by atoms with Crippen LogP contribution in [0.5, 0.6) is 0 Å². The van der Waals surface area contributed by atoms with Crippen LogP contribution in [-0.2, 0) is 4.79 Å². The van der Waals surface area contributed by atoms with Gasteiger partial charge in [-0.25, -0.2) is 0 Å². The lowest BCUT2D eigenvalue weighted by Gasteiger charge is -2.28. The minimum absolute atomic E-state index is 0.223. The van der Waals surface area contributed by atoms with Crippen molar-refractivity contribution in [3.63, 3.8) is 0 Å². The molecule has 0 heterocycles. The van der Waals surface area contributed by atoms with E-state index in [0.717, 1.165) is 29.6 Å². The van der Waals surface area contributed by atoms with Crippen molar-refractivity contribution >= 4 is 11.6 Å². The Kier molecular flexibility index (Phi) is 10.9. The maximum atomic E-state index is 11.6. The van der Waals surface area contributed by atoms with Crippen molar-refractivity contribution in [2.24, 2.45) is 16.8 Å². The van der Waals surface area contributed by atoms with E-state index >= 15 is 0 Å². The average molecular weight is 375 g/mol. The zero-order valence-corrected chi connectivity index (χ0v) is 18.2. The summed E-state index contributed by atoms with van der Waals surface area (Å²) in [5, 5.41) is 13.7. The second-order valence-corrected chi connectivity index (χ2v) is 7.52. The number of nitrogens with zero attached hydrogens (tertiary/aromatic N) is 1. The number of carbonyl (C=O) groups is 1. The van der Waals surface area contributed by atoms with Crippen LogP contribution >= 0.6 is 0 Å². The van der Waals surface area contributed by atoms with Crippen molar-refractivity contribution in [3.05, 3.63) is 48.1 Å². The Morgan fingerprint density at radius 1 is 1.26 bits per heavy atom. The number of hydrogen-bond acceptors (Lipinski definition) is 3. The highest BCUT2D eigenvalue weighted by Gasteiger charge is 2.27. The van der Waals surface area contributed by atoms with Gasteiger partial charge in [-0.15, -0.1) is 0 Å². The van der Waals surface area contributed by atoms with Gasteiger partial charge in [-0.3, -0.25) is 9.79 Å². The molecule has 0 bridgehead atoms. The summed E-state index contributed by atoms with van der Waals surface area (Å²) in [6.45, 7) is 20.1. The van der Waals surface area contributed by atoms with Gasteiger partial charge in [0.05, 0.1) is 17.9 Å². The molecule has 4 nitrogen and oxygen atoms in total. The van der Waals surface area contributed by atoms with E-state index in [-0.39, 0.29) is 18.4 Å². The van der Waals surface area contributed by atoms with Gasteiger partial charge >= 0.3 is 0 Å². The molecule has 0 aliphatic heterocycles. The zero-order valence-electron chi connectivity index (χ0n) is 18.2. The van der Waals surface area contributed by atoms with Crippen molar-refractivity contribution in [2.75, 3.05) is 13.6 Å². The van der Waals surface area contributed by atoms with Crippen LogP contribution in [0.3, 0.4) is 0 Å². The summed E-state index contributed by atoms with van der Waals surface area (Å²) in [6, 6.07) is 0. The summed E-state index contributed by atoms with van der Waals surface area (Å²) in [4.78, 5) is 16.1. The predicted molar refractivity (Wildman–Crippen MR) is 117 cm³/mol. The number of aliphatic hydroxyl groups is 1. The molecule has 152 valence electrons. The zero-order chi connectivity index (χ0) is 21.2. The lowest BCUT2D eigenvalue weighted by atomic mass is 9.81. The molecule has 0 aliphatic rings. The van der Waals surface area contributed by atoms with E-state index in [1.165, 1.54) is 6.08 Å². The average Bonchev–Trinajstić information content (AvgIpc) is 2.63. The van der Waals surface area contributed by atoms with E-state index in [1.807, 2.05) is 6.08 Å². The van der Waals surface area contributed by atoms with E-state index < -0.39 is 5.60 Å². The van der Waals surface area contributed by atoms with Crippen LogP contribution in [0.25, 0.3) is 0 Å². The van der Waals surface area contributed by atoms with Crippen LogP contribution in [0.4, 0.5) is 0 Å². The van der Waals surface area contributed by atoms with Gasteiger partial charge < -0.3 is 10.4 Å². The van der Waals surface area contributed by atoms with Gasteiger partial charge in [-0.2, -0.15) is 0 Å². The van der Waals surface area contributed by atoms with E-state index in [1.54, 1.807) is 20.9 Å². The number of rotatable bonds is 11. The lowest BCUT2D eigenvalue weighted by molar-refractivity contribution is -0.116. The summed E-state index contributed by atoms with van der Waals surface area (Å²) in [5.41, 5.74) is 2.12. The Morgan fingerprint density at radius 2 is 1.85 bits per heavy atom. The summed E-state index contributed by atoms with van der Waals surface area (Å²) in [5.74, 6) is 0.355. The molecular weight excluding hydrogens is 336 g/mol. The van der Waals surface area contributed by atoms with E-state index in [0.29, 0.717) is 11.6 Å². The topological polar surface area (TPSA) is 61.7 Å². The monoisotopic (exact) mass is 374 g/mol. The molecule has 27 heavy (non-hydrogen) atoms. The highest BCUT2D eigenvalue weighted by molar-refractivity contribution is 6.08. The SMILES string of the molecule is C=CC(=O)NCC(=NC)/C(C(=C)C(C)CC)=C(/C=CC(C)CC)C(C)(C)O. The Balaban J connectivity index is 6.47. The molecular formula is C23H38N2O2. The molecule has 0 aliphatic carbocycles. The van der Waals surface area contributed by atoms with Crippen molar-refractivity contribution in [2.45, 2.75) is 60.0 Å². The van der Waals surface area contributed by atoms with Crippen LogP contribution in [0.1, 0.15) is 54.4 Å². The Hall–Kier alpha value is -1.94. The summed E-state index contributed by atoms with van der Waals surface area (Å²) < 4.78 is 0. The summed E-state index contributed by atoms with van der Waals surface area (Å²) in [6.07, 6.45) is 7.26. The third-order valence-corrected chi connectivity index (χ3v) is 4.87. The normalized spacial score (nSPS) is 15.9. The number of allylic oxidation sites excluding steroid dienone is 2. The molecule has 0 fully saturated rings. The highest BCUT2D eigenvalue weighted by Crippen LogP contribution is 2.31. The fraction of sp³-hybridized carbons (Fsp3) is 0.565. The van der Waals surface area contributed by atoms with Gasteiger partial charge in [0.25, 0.3) is 0 Å². The molecule has 0 aromatic carbocycles. The van der Waals surface area contributed by atoms with Gasteiger partial charge in [-0.1, -0.05) is 59.4 Å². The molecule has 4 heteroatoms. The Bertz CT molecular complexity index is 619. The molecule has 2 N–H and O–H groups in total. The first-order valence-corrected chi connectivity index (χ1v) is 9.74. The van der Waals surface area contributed by atoms with Gasteiger partial charge in [0.1, 0.15) is 0 Å². The van der Waals surface area contributed by atoms with Crippen LogP contribution in [0.15, 0.2) is 53.1 Å². The molecule has 0 saturated heterocycles. The fourth-order valence-corrected chi connectivity index (χ4v) is 2.52. The van der Waals surface area contributed by atoms with Gasteiger partial charge in [0.15, 0.2) is 0 Å². The minimum Gasteiger partial charge on any atom is -0.386 e. The maximum absolute atomic E-state index is 11.6. The molecule has 0 aromatic rings. The standard InChI is InChI=1S/C23H38N2O2/c1-10-16(4)13-14-19(23(7,8)27)22(18(6)17(5)11-2)20(24-9)15-25-21(26)12-3/h12-14,16-17,27H,3,6,10-11,15H2,1-2,4-5,7-9H3,(H,25,26)/b14-13?,22-19-,24-20?. The molecule has 0 radical (unpaired) electrons. The van der Waals surface area contributed by atoms with Crippen molar-refractivity contribution < 1.29 is 9.90 Å². The van der Waals surface area contributed by atoms with Crippen LogP contribution in [-0.4, -0.2) is 35.9 Å². The quantitative estimate of drug-likeness (QED) is 0.315. The third kappa shape index (κ3) is 8.08. The van der Waals surface area contributed by atoms with Crippen molar-refractivity contribution in [3.8, 4) is 0 Å². The first-order valence-electron chi connectivity index (χ1n) is 9.74. The van der Waals surface area contributed by atoms with Crippen LogP contribution in [0.2, 0.25) is 0 Å². The Morgan fingerprint density at radius 3 is 2.26 bits per heavy atom. The number of amides is 1. The molecule has 0 spiro atoms. The summed E-state index contributed by atoms with van der Waals surface area (Å²) in [7, 11) is 1.69. The van der Waals surface area contributed by atoms with Crippen molar-refractivity contribution in [1.82, 2.24) is 5.32 Å². The molecule has 1 amide bonds. The number of nitrogens with one attached hydrogen (secondary N) is 1. The first-order chi connectivity index (χ1) is 12.5. The number of hydrogen-bond donors (Lipinski definition) is 2. The smallest absolute Gasteiger partial charge is 0.243 e. The summed E-state index contributed by atoms with van der Waals surface area (Å²) >= 11 is 0. The van der Waals surface area contributed by atoms with E-state index in [2.05, 4.69) is 57.2 Å². The fourth-order valence-electron chi connectivity index (χ4n) is 2.52.